The molecule has 24 heavy (non-hydrogen) atoms. The van der Waals surface area contributed by atoms with Crippen LogP contribution in [0.15, 0.2) is 71.9 Å². The van der Waals surface area contributed by atoms with Crippen LogP contribution in [0.25, 0.3) is 10.8 Å². The Hall–Kier alpha value is -3.34. The lowest BCUT2D eigenvalue weighted by Gasteiger charge is -2.07. The molecule has 5 heteroatoms. The van der Waals surface area contributed by atoms with Gasteiger partial charge in [0.05, 0.1) is 19.0 Å². The summed E-state index contributed by atoms with van der Waals surface area (Å²) in [5.74, 6) is 0.652. The van der Waals surface area contributed by atoms with Crippen LogP contribution in [0.1, 0.15) is 5.56 Å². The van der Waals surface area contributed by atoms with E-state index in [9.17, 15) is 4.79 Å². The number of nitrogens with one attached hydrogen (secondary N) is 1. The summed E-state index contributed by atoms with van der Waals surface area (Å²) in [5, 5.41) is 8.37. The van der Waals surface area contributed by atoms with Crippen LogP contribution in [0.4, 0.5) is 10.5 Å². The zero-order valence-electron chi connectivity index (χ0n) is 13.1. The lowest BCUT2D eigenvalue weighted by atomic mass is 10.1. The minimum Gasteiger partial charge on any atom is -0.496 e. The number of para-hydroxylation sites is 1. The fourth-order valence-corrected chi connectivity index (χ4v) is 2.37. The van der Waals surface area contributed by atoms with Crippen LogP contribution >= 0.6 is 0 Å². The number of carbonyl (C=O) groups excluding carboxylic acids is 1. The Kier molecular flexibility index (Phi) is 4.72. The van der Waals surface area contributed by atoms with E-state index < -0.39 is 6.09 Å². The third-order valence-electron chi connectivity index (χ3n) is 3.49. The Morgan fingerprint density at radius 1 is 1.00 bits per heavy atom. The highest BCUT2D eigenvalue weighted by Crippen LogP contribution is 2.23. The average Bonchev–Trinajstić information content (AvgIpc) is 2.62. The van der Waals surface area contributed by atoms with Gasteiger partial charge < -0.3 is 4.74 Å². The average molecular weight is 320 g/mol. The quantitative estimate of drug-likeness (QED) is 0.439. The van der Waals surface area contributed by atoms with E-state index in [1.165, 1.54) is 6.21 Å². The van der Waals surface area contributed by atoms with Gasteiger partial charge in [-0.25, -0.2) is 4.79 Å². The molecule has 3 aromatic rings. The SMILES string of the molecule is COc1ccccc1/C=N/OC(=O)Nc1cccc2ccccc12. The van der Waals surface area contributed by atoms with Crippen molar-refractivity contribution in [3.63, 3.8) is 0 Å². The van der Waals surface area contributed by atoms with Gasteiger partial charge in [0.25, 0.3) is 0 Å². The Labute approximate surface area is 139 Å². The minimum absolute atomic E-state index is 0.652. The maximum atomic E-state index is 11.9. The maximum Gasteiger partial charge on any atom is 0.437 e. The molecule has 0 saturated carbocycles. The largest absolute Gasteiger partial charge is 0.496 e. The molecule has 0 radical (unpaired) electrons. The summed E-state index contributed by atoms with van der Waals surface area (Å²) in [6.45, 7) is 0. The van der Waals surface area contributed by atoms with E-state index in [1.807, 2.05) is 60.7 Å². The van der Waals surface area contributed by atoms with Gasteiger partial charge in [-0.05, 0) is 23.6 Å². The first-order valence-corrected chi connectivity index (χ1v) is 7.40. The molecule has 0 spiro atoms. The fourth-order valence-electron chi connectivity index (χ4n) is 2.37. The van der Waals surface area contributed by atoms with Crippen LogP contribution in [-0.4, -0.2) is 19.4 Å². The van der Waals surface area contributed by atoms with Gasteiger partial charge in [0.15, 0.2) is 0 Å². The number of methoxy groups -OCH3 is 1. The number of ether oxygens (including phenoxy) is 1. The number of carbonyl (C=O) groups is 1. The normalized spacial score (nSPS) is 10.7. The number of hydrogen-bond acceptors (Lipinski definition) is 4. The van der Waals surface area contributed by atoms with E-state index in [0.717, 1.165) is 16.3 Å². The molecule has 0 fully saturated rings. The van der Waals surface area contributed by atoms with Gasteiger partial charge in [-0.1, -0.05) is 53.7 Å². The number of anilines is 1. The molecule has 120 valence electrons. The lowest BCUT2D eigenvalue weighted by Crippen LogP contribution is -2.11. The Bertz CT molecular complexity index is 885. The highest BCUT2D eigenvalue weighted by atomic mass is 16.7. The lowest BCUT2D eigenvalue weighted by molar-refractivity contribution is 0.167. The molecule has 0 aliphatic heterocycles. The topological polar surface area (TPSA) is 59.9 Å². The molecule has 3 aromatic carbocycles. The fraction of sp³-hybridized carbons (Fsp3) is 0.0526. The summed E-state index contributed by atoms with van der Waals surface area (Å²) in [7, 11) is 1.57. The molecule has 0 atom stereocenters. The van der Waals surface area contributed by atoms with Crippen molar-refractivity contribution in [2.75, 3.05) is 12.4 Å². The van der Waals surface area contributed by atoms with E-state index in [1.54, 1.807) is 13.2 Å². The second-order valence-electron chi connectivity index (χ2n) is 5.01. The minimum atomic E-state index is -0.655. The zero-order valence-corrected chi connectivity index (χ0v) is 13.1. The molecule has 0 unspecified atom stereocenters. The van der Waals surface area contributed by atoms with Crippen LogP contribution < -0.4 is 10.1 Å². The Morgan fingerprint density at radius 3 is 2.62 bits per heavy atom. The second kappa shape index (κ2) is 7.28. The number of fused-ring (bicyclic) bond motifs is 1. The first-order valence-electron chi connectivity index (χ1n) is 7.40. The van der Waals surface area contributed by atoms with E-state index in [0.29, 0.717) is 11.4 Å². The molecule has 3 rings (SSSR count). The molecule has 0 aromatic heterocycles. The molecule has 1 amide bonds. The van der Waals surface area contributed by atoms with Gasteiger partial charge in [-0.2, -0.15) is 0 Å². The Balaban J connectivity index is 1.68. The van der Waals surface area contributed by atoms with Crippen molar-refractivity contribution in [2.45, 2.75) is 0 Å². The third-order valence-corrected chi connectivity index (χ3v) is 3.49. The van der Waals surface area contributed by atoms with Crippen molar-refractivity contribution in [1.82, 2.24) is 0 Å². The van der Waals surface area contributed by atoms with E-state index in [4.69, 9.17) is 9.57 Å². The van der Waals surface area contributed by atoms with E-state index in [-0.39, 0.29) is 0 Å². The summed E-state index contributed by atoms with van der Waals surface area (Å²) >= 11 is 0. The van der Waals surface area contributed by atoms with Gasteiger partial charge >= 0.3 is 6.09 Å². The third kappa shape index (κ3) is 3.52. The van der Waals surface area contributed by atoms with Crippen LogP contribution in [0.5, 0.6) is 5.75 Å². The Morgan fingerprint density at radius 2 is 1.75 bits per heavy atom. The van der Waals surface area contributed by atoms with Crippen molar-refractivity contribution < 1.29 is 14.4 Å². The van der Waals surface area contributed by atoms with Gasteiger partial charge in [0.2, 0.25) is 0 Å². The van der Waals surface area contributed by atoms with Crippen molar-refractivity contribution in [1.29, 1.82) is 0 Å². The highest BCUT2D eigenvalue weighted by Gasteiger charge is 2.06. The van der Waals surface area contributed by atoms with Crippen molar-refractivity contribution in [3.8, 4) is 5.75 Å². The van der Waals surface area contributed by atoms with Crippen LogP contribution in [-0.2, 0) is 4.84 Å². The van der Waals surface area contributed by atoms with Gasteiger partial charge in [0, 0.05) is 10.9 Å². The van der Waals surface area contributed by atoms with Gasteiger partial charge in [-0.3, -0.25) is 10.2 Å². The molecule has 5 nitrogen and oxygen atoms in total. The number of hydrogen-bond donors (Lipinski definition) is 1. The zero-order chi connectivity index (χ0) is 16.8. The number of rotatable bonds is 4. The molecule has 0 saturated heterocycles. The van der Waals surface area contributed by atoms with Crippen molar-refractivity contribution in [3.05, 3.63) is 72.3 Å². The summed E-state index contributed by atoms with van der Waals surface area (Å²) in [6, 6.07) is 20.8. The molecule has 0 bridgehead atoms. The molecule has 0 heterocycles. The first-order chi connectivity index (χ1) is 11.8. The van der Waals surface area contributed by atoms with Crippen LogP contribution in [0.3, 0.4) is 0 Å². The summed E-state index contributed by atoms with van der Waals surface area (Å²) in [4.78, 5) is 16.8. The molecular formula is C19H16N2O3. The van der Waals surface area contributed by atoms with Crippen LogP contribution in [0.2, 0.25) is 0 Å². The standard InChI is InChI=1S/C19H16N2O3/c1-23-18-12-5-3-8-15(18)13-20-24-19(22)21-17-11-6-9-14-7-2-4-10-16(14)17/h2-13H,1H3,(H,21,22)/b20-13+. The number of amides is 1. The molecule has 1 N–H and O–H groups in total. The van der Waals surface area contributed by atoms with Crippen LogP contribution in [0, 0.1) is 0 Å². The van der Waals surface area contributed by atoms with Gasteiger partial charge in [0.1, 0.15) is 5.75 Å². The van der Waals surface area contributed by atoms with Gasteiger partial charge in [-0.15, -0.1) is 0 Å². The van der Waals surface area contributed by atoms with E-state index in [2.05, 4.69) is 10.5 Å². The highest BCUT2D eigenvalue weighted by molar-refractivity contribution is 6.00. The second-order valence-corrected chi connectivity index (χ2v) is 5.01. The molecule has 0 aliphatic rings. The number of oxime groups is 1. The predicted octanol–water partition coefficient (Wildman–Crippen LogP) is 4.43. The number of benzene rings is 3. The number of nitrogens with zero attached hydrogens (tertiary/aromatic N) is 1. The summed E-state index contributed by atoms with van der Waals surface area (Å²) < 4.78 is 5.20. The maximum absolute atomic E-state index is 11.9. The van der Waals surface area contributed by atoms with Crippen molar-refractivity contribution >= 4 is 28.8 Å². The molecular weight excluding hydrogens is 304 g/mol. The van der Waals surface area contributed by atoms with Crippen molar-refractivity contribution in [2.24, 2.45) is 5.16 Å². The first kappa shape index (κ1) is 15.6. The smallest absolute Gasteiger partial charge is 0.437 e. The monoisotopic (exact) mass is 320 g/mol. The predicted molar refractivity (Wildman–Crippen MR) is 94.6 cm³/mol. The van der Waals surface area contributed by atoms with E-state index >= 15 is 0 Å². The molecule has 0 aliphatic carbocycles. The summed E-state index contributed by atoms with van der Waals surface area (Å²) in [5.41, 5.74) is 1.39. The summed E-state index contributed by atoms with van der Waals surface area (Å²) in [6.07, 6.45) is 0.777.